The number of thiophene rings is 1. The van der Waals surface area contributed by atoms with Crippen molar-refractivity contribution >= 4 is 63.8 Å². The molecule has 15 nitrogen and oxygen atoms in total. The van der Waals surface area contributed by atoms with Gasteiger partial charge in [0.1, 0.15) is 17.1 Å². The Balaban J connectivity index is 0.984. The summed E-state index contributed by atoms with van der Waals surface area (Å²) in [6.07, 6.45) is 7.34. The number of fused-ring (bicyclic) bond motifs is 1. The predicted octanol–water partition coefficient (Wildman–Crippen LogP) is 3.07. The van der Waals surface area contributed by atoms with E-state index in [-0.39, 0.29) is 53.2 Å². The number of allylic oxidation sites excluding steroid dienone is 2. The number of amides is 6. The van der Waals surface area contributed by atoms with Crippen molar-refractivity contribution in [2.45, 2.75) is 25.2 Å². The van der Waals surface area contributed by atoms with Crippen molar-refractivity contribution in [2.75, 3.05) is 29.0 Å². The standard InChI is InChI=1S/C34H35N9O6S/c1-17-16-50-29-25(44)10-26-34(28(17)29)11-18(34)12-43(26)33(49)39-21-9-24(42(4)15-21)32(48)38-20-8-23(41(3)14-20)31(47)37-19-7-22(40(2)13-19)30(46)36-6-5-27(35)45/h7-10,13-16,18H,5-6,11-12H2,1-4H3,(H2,35,45)(H,36,46)(H,37,47)(H,38,48)(H,39,49)/t18-,34+/m1/s1. The lowest BCUT2D eigenvalue weighted by Gasteiger charge is -2.28. The molecular weight excluding hydrogens is 662 g/mol. The van der Waals surface area contributed by atoms with Crippen LogP contribution in [0.25, 0.3) is 0 Å². The number of anilines is 3. The van der Waals surface area contributed by atoms with Crippen LogP contribution in [0, 0.1) is 12.8 Å². The molecule has 1 spiro atoms. The van der Waals surface area contributed by atoms with Gasteiger partial charge in [-0.3, -0.25) is 28.9 Å². The van der Waals surface area contributed by atoms with E-state index in [0.29, 0.717) is 23.6 Å². The molecule has 6 amide bonds. The lowest BCUT2D eigenvalue weighted by molar-refractivity contribution is -0.117. The fourth-order valence-electron chi connectivity index (χ4n) is 7.17. The molecule has 1 saturated heterocycles. The summed E-state index contributed by atoms with van der Waals surface area (Å²) in [6.45, 7) is 2.63. The maximum atomic E-state index is 13.5. The molecule has 0 bridgehead atoms. The van der Waals surface area contributed by atoms with E-state index in [1.807, 2.05) is 12.3 Å². The van der Waals surface area contributed by atoms with Gasteiger partial charge in [-0.1, -0.05) is 0 Å². The van der Waals surface area contributed by atoms with Crippen LogP contribution in [0.2, 0.25) is 0 Å². The number of likely N-dealkylation sites (tertiary alicyclic amines) is 1. The zero-order chi connectivity index (χ0) is 35.6. The van der Waals surface area contributed by atoms with Gasteiger partial charge >= 0.3 is 6.03 Å². The molecular formula is C34H35N9O6S. The van der Waals surface area contributed by atoms with Crippen molar-refractivity contribution in [3.63, 3.8) is 0 Å². The van der Waals surface area contributed by atoms with Crippen LogP contribution >= 0.6 is 11.3 Å². The van der Waals surface area contributed by atoms with Gasteiger partial charge in [-0.2, -0.15) is 0 Å². The second-order valence-electron chi connectivity index (χ2n) is 13.0. The van der Waals surface area contributed by atoms with E-state index in [9.17, 15) is 28.8 Å². The van der Waals surface area contributed by atoms with Gasteiger partial charge in [0.05, 0.1) is 21.9 Å². The Kier molecular flexibility index (Phi) is 7.77. The van der Waals surface area contributed by atoms with Gasteiger partial charge in [-0.05, 0) is 54.0 Å². The maximum absolute atomic E-state index is 13.5. The maximum Gasteiger partial charge on any atom is 0.326 e. The molecule has 5 heterocycles. The lowest BCUT2D eigenvalue weighted by Crippen LogP contribution is -2.36. The van der Waals surface area contributed by atoms with Crippen molar-refractivity contribution in [1.82, 2.24) is 23.9 Å². The van der Waals surface area contributed by atoms with Crippen LogP contribution in [-0.4, -0.2) is 67.1 Å². The third kappa shape index (κ3) is 5.46. The molecule has 258 valence electrons. The van der Waals surface area contributed by atoms with E-state index in [2.05, 4.69) is 21.3 Å². The summed E-state index contributed by atoms with van der Waals surface area (Å²) >= 11 is 1.46. The van der Waals surface area contributed by atoms with Crippen molar-refractivity contribution in [1.29, 1.82) is 0 Å². The van der Waals surface area contributed by atoms with Crippen LogP contribution in [0.3, 0.4) is 0 Å². The SMILES string of the molecule is Cc1csc2c1[C@@]13C[C@@H]1CN(C(=O)Nc1cc(C(=O)Nc4cc(C(=O)Nc5cc(C(=O)NCCC(N)=O)n(C)c5)n(C)c4)n(C)c1)C3=CC2=O. The topological polar surface area (TPSA) is 195 Å². The molecule has 50 heavy (non-hydrogen) atoms. The zero-order valence-corrected chi connectivity index (χ0v) is 28.6. The summed E-state index contributed by atoms with van der Waals surface area (Å²) in [4.78, 5) is 78.7. The highest BCUT2D eigenvalue weighted by Gasteiger charge is 2.68. The number of nitrogens with one attached hydrogen (secondary N) is 4. The smallest absolute Gasteiger partial charge is 0.326 e. The van der Waals surface area contributed by atoms with Gasteiger partial charge in [-0.25, -0.2) is 4.79 Å². The number of carbonyl (C=O) groups is 6. The number of carbonyl (C=O) groups excluding carboxylic acids is 6. The van der Waals surface area contributed by atoms with E-state index in [1.54, 1.807) is 70.5 Å². The van der Waals surface area contributed by atoms with Gasteiger partial charge in [0, 0.05) is 76.4 Å². The molecule has 1 aliphatic heterocycles. The van der Waals surface area contributed by atoms with E-state index in [0.717, 1.165) is 28.1 Å². The lowest BCUT2D eigenvalue weighted by atomic mass is 9.84. The quantitative estimate of drug-likeness (QED) is 0.178. The van der Waals surface area contributed by atoms with Gasteiger partial charge in [0.2, 0.25) is 5.91 Å². The van der Waals surface area contributed by atoms with Crippen molar-refractivity contribution in [3.05, 3.63) is 87.0 Å². The Hall–Kier alpha value is -5.90. The Bertz CT molecular complexity index is 2180. The zero-order valence-electron chi connectivity index (χ0n) is 27.7. The van der Waals surface area contributed by atoms with Gasteiger partial charge in [0.25, 0.3) is 17.7 Å². The number of piperidine rings is 1. The number of hydrogen-bond acceptors (Lipinski definition) is 7. The number of ketones is 1. The summed E-state index contributed by atoms with van der Waals surface area (Å²) in [5.41, 5.74) is 9.71. The third-order valence-electron chi connectivity index (χ3n) is 9.55. The molecule has 2 aliphatic carbocycles. The number of urea groups is 1. The molecule has 0 radical (unpaired) electrons. The second kappa shape index (κ2) is 11.9. The molecule has 4 aromatic rings. The fraction of sp³-hybridized carbons (Fsp3) is 0.294. The summed E-state index contributed by atoms with van der Waals surface area (Å²) < 4.78 is 4.69. The van der Waals surface area contributed by atoms with Crippen molar-refractivity contribution in [3.8, 4) is 0 Å². The molecule has 4 aromatic heterocycles. The van der Waals surface area contributed by atoms with Crippen LogP contribution in [0.1, 0.15) is 65.1 Å². The highest BCUT2D eigenvalue weighted by molar-refractivity contribution is 7.12. The second-order valence-corrected chi connectivity index (χ2v) is 13.9. The number of nitrogens with zero attached hydrogens (tertiary/aromatic N) is 4. The minimum atomic E-state index is -0.530. The molecule has 0 unspecified atom stereocenters. The summed E-state index contributed by atoms with van der Waals surface area (Å²) in [5.74, 6) is -1.68. The van der Waals surface area contributed by atoms with Gasteiger partial charge in [-0.15, -0.1) is 11.3 Å². The molecule has 3 aliphatic rings. The minimum absolute atomic E-state index is 0.00706. The first kappa shape index (κ1) is 32.6. The summed E-state index contributed by atoms with van der Waals surface area (Å²) in [5, 5.41) is 13.1. The number of rotatable bonds is 9. The van der Waals surface area contributed by atoms with Crippen LogP contribution in [0.4, 0.5) is 21.9 Å². The van der Waals surface area contributed by atoms with Crippen LogP contribution in [0.15, 0.2) is 53.9 Å². The number of aryl methyl sites for hydroxylation is 4. The number of aromatic nitrogens is 3. The van der Waals surface area contributed by atoms with Crippen LogP contribution in [0.5, 0.6) is 0 Å². The first-order valence-corrected chi connectivity index (χ1v) is 16.8. The van der Waals surface area contributed by atoms with E-state index < -0.39 is 23.6 Å². The number of hydrogen-bond donors (Lipinski definition) is 5. The molecule has 6 N–H and O–H groups in total. The predicted molar refractivity (Wildman–Crippen MR) is 185 cm³/mol. The van der Waals surface area contributed by atoms with Crippen LogP contribution < -0.4 is 27.0 Å². The normalized spacial score (nSPS) is 18.5. The third-order valence-corrected chi connectivity index (χ3v) is 10.7. The minimum Gasteiger partial charge on any atom is -0.370 e. The van der Waals surface area contributed by atoms with Crippen molar-refractivity contribution in [2.24, 2.45) is 32.8 Å². The monoisotopic (exact) mass is 697 g/mol. The summed E-state index contributed by atoms with van der Waals surface area (Å²) in [6, 6.07) is 4.23. The first-order chi connectivity index (χ1) is 23.8. The molecule has 2 fully saturated rings. The van der Waals surface area contributed by atoms with Crippen molar-refractivity contribution < 1.29 is 28.8 Å². The van der Waals surface area contributed by atoms with Gasteiger partial charge in [0.15, 0.2) is 5.78 Å². The first-order valence-electron chi connectivity index (χ1n) is 15.9. The number of nitrogens with two attached hydrogens (primary N) is 1. The highest BCUT2D eigenvalue weighted by atomic mass is 32.1. The molecule has 0 aromatic carbocycles. The molecule has 1 saturated carbocycles. The molecule has 2 atom stereocenters. The Morgan fingerprint density at radius 3 is 1.96 bits per heavy atom. The Morgan fingerprint density at radius 1 is 0.860 bits per heavy atom. The Morgan fingerprint density at radius 2 is 1.40 bits per heavy atom. The van der Waals surface area contributed by atoms with Crippen LogP contribution in [-0.2, 0) is 31.4 Å². The summed E-state index contributed by atoms with van der Waals surface area (Å²) in [7, 11) is 4.99. The molecule has 7 rings (SSSR count). The largest absolute Gasteiger partial charge is 0.370 e. The van der Waals surface area contributed by atoms with E-state index >= 15 is 0 Å². The Labute approximate surface area is 290 Å². The van der Waals surface area contributed by atoms with E-state index in [4.69, 9.17) is 5.73 Å². The average molecular weight is 698 g/mol. The fourth-order valence-corrected chi connectivity index (χ4v) is 8.22. The van der Waals surface area contributed by atoms with E-state index in [1.165, 1.54) is 23.5 Å². The molecule has 16 heteroatoms. The average Bonchev–Trinajstić information content (AvgIpc) is 3.56. The van der Waals surface area contributed by atoms with Gasteiger partial charge < -0.3 is 40.7 Å². The highest BCUT2D eigenvalue weighted by Crippen LogP contribution is 2.67. The number of primary amides is 1.